The third-order valence-corrected chi connectivity index (χ3v) is 6.03. The van der Waals surface area contributed by atoms with E-state index in [4.69, 9.17) is 9.47 Å². The zero-order chi connectivity index (χ0) is 25.0. The molecule has 8 nitrogen and oxygen atoms in total. The maximum atomic E-state index is 13.1. The summed E-state index contributed by atoms with van der Waals surface area (Å²) in [6, 6.07) is 5.34. The first-order valence-corrected chi connectivity index (χ1v) is 11.3. The predicted molar refractivity (Wildman–Crippen MR) is 121 cm³/mol. The van der Waals surface area contributed by atoms with Crippen molar-refractivity contribution in [1.82, 2.24) is 9.88 Å². The van der Waals surface area contributed by atoms with E-state index in [1.54, 1.807) is 25.7 Å². The molecule has 2 aromatic rings. The number of aromatic nitrogens is 1. The summed E-state index contributed by atoms with van der Waals surface area (Å²) in [6.45, 7) is 7.44. The van der Waals surface area contributed by atoms with E-state index >= 15 is 0 Å². The highest BCUT2D eigenvalue weighted by atomic mass is 19.1. The summed E-state index contributed by atoms with van der Waals surface area (Å²) in [4.78, 5) is 54.9. The molecule has 9 heteroatoms. The van der Waals surface area contributed by atoms with Gasteiger partial charge in [0.05, 0.1) is 23.8 Å². The summed E-state index contributed by atoms with van der Waals surface area (Å²) in [5.74, 6) is -2.52. The number of Topliss-reactive ketones (excluding diaryl/α,β-unsaturated/α-hetero) is 1. The van der Waals surface area contributed by atoms with Gasteiger partial charge in [-0.2, -0.15) is 0 Å². The zero-order valence-electron chi connectivity index (χ0n) is 19.8. The van der Waals surface area contributed by atoms with Crippen LogP contribution in [0.5, 0.6) is 0 Å². The van der Waals surface area contributed by atoms with Crippen LogP contribution in [0.2, 0.25) is 0 Å². The fourth-order valence-corrected chi connectivity index (χ4v) is 4.13. The number of ether oxygens (including phenoxy) is 2. The number of aromatic amines is 1. The minimum Gasteiger partial charge on any atom is -0.462 e. The molecule has 1 amide bonds. The van der Waals surface area contributed by atoms with Crippen molar-refractivity contribution in [2.24, 2.45) is 5.92 Å². The number of ketones is 1. The first kappa shape index (κ1) is 25.1. The lowest BCUT2D eigenvalue weighted by molar-refractivity contribution is -0.152. The number of nitrogens with zero attached hydrogens (tertiary/aromatic N) is 1. The number of benzene rings is 1. The number of piperidine rings is 1. The number of hydrogen-bond acceptors (Lipinski definition) is 6. The van der Waals surface area contributed by atoms with Gasteiger partial charge in [-0.3, -0.25) is 14.4 Å². The quantitative estimate of drug-likeness (QED) is 0.487. The van der Waals surface area contributed by atoms with E-state index in [2.05, 4.69) is 4.98 Å². The number of carbonyl (C=O) groups is 4. The summed E-state index contributed by atoms with van der Waals surface area (Å²) in [6.07, 6.45) is -0.237. The Balaban J connectivity index is 1.57. The molecule has 1 fully saturated rings. The average Bonchev–Trinajstić information content (AvgIpc) is 3.12. The van der Waals surface area contributed by atoms with Crippen molar-refractivity contribution < 1.29 is 33.0 Å². The number of rotatable bonds is 7. The van der Waals surface area contributed by atoms with E-state index in [-0.39, 0.29) is 18.2 Å². The van der Waals surface area contributed by atoms with Crippen molar-refractivity contribution in [3.8, 4) is 0 Å². The number of amides is 1. The molecule has 1 N–H and O–H groups in total. The zero-order valence-corrected chi connectivity index (χ0v) is 19.8. The van der Waals surface area contributed by atoms with E-state index in [1.165, 1.54) is 31.2 Å². The second-order valence-electron chi connectivity index (χ2n) is 8.36. The normalized spacial score (nSPS) is 15.0. The molecular formula is C25H29FN2O6. The summed E-state index contributed by atoms with van der Waals surface area (Å²) in [5.41, 5.74) is 1.87. The lowest BCUT2D eigenvalue weighted by atomic mass is 9.96. The van der Waals surface area contributed by atoms with Crippen LogP contribution in [0.1, 0.15) is 69.2 Å². The summed E-state index contributed by atoms with van der Waals surface area (Å²) < 4.78 is 23.6. The number of nitrogens with one attached hydrogen (secondary N) is 1. The SMILES string of the molecule is CCOC(=O)c1c(C)[nH]c(C(=O)C(C)OC(=O)C2CCN(C(=O)c3ccc(F)cc3)CC2)c1C. The Kier molecular flexibility index (Phi) is 7.86. The van der Waals surface area contributed by atoms with Gasteiger partial charge in [0.1, 0.15) is 5.82 Å². The molecule has 2 heterocycles. The molecule has 0 saturated carbocycles. The average molecular weight is 473 g/mol. The molecule has 3 rings (SSSR count). The Hall–Kier alpha value is -3.49. The maximum absolute atomic E-state index is 13.1. The van der Waals surface area contributed by atoms with Gasteiger partial charge in [0.15, 0.2) is 6.10 Å². The summed E-state index contributed by atoms with van der Waals surface area (Å²) in [7, 11) is 0. The van der Waals surface area contributed by atoms with Gasteiger partial charge in [0, 0.05) is 24.3 Å². The van der Waals surface area contributed by atoms with Crippen LogP contribution in [-0.4, -0.2) is 59.3 Å². The highest BCUT2D eigenvalue weighted by molar-refractivity contribution is 6.04. The fraction of sp³-hybridized carbons (Fsp3) is 0.440. The Morgan fingerprint density at radius 2 is 1.74 bits per heavy atom. The first-order valence-electron chi connectivity index (χ1n) is 11.3. The smallest absolute Gasteiger partial charge is 0.340 e. The van der Waals surface area contributed by atoms with Gasteiger partial charge >= 0.3 is 11.9 Å². The molecule has 0 spiro atoms. The molecule has 1 aliphatic heterocycles. The molecule has 0 aliphatic carbocycles. The molecule has 0 bridgehead atoms. The van der Waals surface area contributed by atoms with Crippen molar-refractivity contribution >= 4 is 23.6 Å². The largest absolute Gasteiger partial charge is 0.462 e. The minimum absolute atomic E-state index is 0.209. The Morgan fingerprint density at radius 1 is 1.12 bits per heavy atom. The second-order valence-corrected chi connectivity index (χ2v) is 8.36. The molecule has 1 aromatic heterocycles. The van der Waals surface area contributed by atoms with Gasteiger partial charge in [-0.1, -0.05) is 0 Å². The lowest BCUT2D eigenvalue weighted by Gasteiger charge is -2.31. The van der Waals surface area contributed by atoms with E-state index in [0.29, 0.717) is 48.3 Å². The second kappa shape index (κ2) is 10.6. The van der Waals surface area contributed by atoms with E-state index in [9.17, 15) is 23.6 Å². The van der Waals surface area contributed by atoms with Crippen molar-refractivity contribution in [1.29, 1.82) is 0 Å². The Bertz CT molecular complexity index is 1080. The van der Waals surface area contributed by atoms with Crippen LogP contribution in [0.15, 0.2) is 24.3 Å². The van der Waals surface area contributed by atoms with Crippen LogP contribution < -0.4 is 0 Å². The van der Waals surface area contributed by atoms with Crippen molar-refractivity contribution in [3.05, 3.63) is 58.2 Å². The number of hydrogen-bond donors (Lipinski definition) is 1. The fourth-order valence-electron chi connectivity index (χ4n) is 4.13. The van der Waals surface area contributed by atoms with Gasteiger partial charge in [-0.25, -0.2) is 9.18 Å². The van der Waals surface area contributed by atoms with E-state index < -0.39 is 35.6 Å². The van der Waals surface area contributed by atoms with Crippen LogP contribution in [0, 0.1) is 25.6 Å². The number of halogens is 1. The van der Waals surface area contributed by atoms with Crippen molar-refractivity contribution in [2.45, 2.75) is 46.6 Å². The van der Waals surface area contributed by atoms with Gasteiger partial charge in [-0.15, -0.1) is 0 Å². The highest BCUT2D eigenvalue weighted by Gasteiger charge is 2.32. The number of carbonyl (C=O) groups excluding carboxylic acids is 4. The number of aryl methyl sites for hydroxylation is 1. The first-order chi connectivity index (χ1) is 16.1. The summed E-state index contributed by atoms with van der Waals surface area (Å²) >= 11 is 0. The minimum atomic E-state index is -1.04. The molecule has 1 saturated heterocycles. The molecular weight excluding hydrogens is 443 g/mol. The standard InChI is InChI=1S/C25H29FN2O6/c1-5-33-25(32)20-14(2)21(27-15(20)3)22(29)16(4)34-24(31)18-10-12-28(13-11-18)23(30)17-6-8-19(26)9-7-17/h6-9,16,18,27H,5,10-13H2,1-4H3. The van der Waals surface area contributed by atoms with Gasteiger partial charge in [-0.05, 0) is 70.4 Å². The maximum Gasteiger partial charge on any atom is 0.340 e. The van der Waals surface area contributed by atoms with Crippen LogP contribution in [-0.2, 0) is 14.3 Å². The third kappa shape index (κ3) is 5.35. The molecule has 34 heavy (non-hydrogen) atoms. The molecule has 1 aromatic carbocycles. The Morgan fingerprint density at radius 3 is 2.32 bits per heavy atom. The van der Waals surface area contributed by atoms with Crippen LogP contribution in [0.25, 0.3) is 0 Å². The topological polar surface area (TPSA) is 106 Å². The number of likely N-dealkylation sites (tertiary alicyclic amines) is 1. The van der Waals surface area contributed by atoms with Crippen LogP contribution >= 0.6 is 0 Å². The monoisotopic (exact) mass is 472 g/mol. The van der Waals surface area contributed by atoms with Gasteiger partial charge < -0.3 is 19.4 Å². The van der Waals surface area contributed by atoms with Crippen LogP contribution in [0.4, 0.5) is 4.39 Å². The molecule has 1 atom stereocenters. The van der Waals surface area contributed by atoms with Gasteiger partial charge in [0.2, 0.25) is 5.78 Å². The van der Waals surface area contributed by atoms with Crippen molar-refractivity contribution in [3.63, 3.8) is 0 Å². The third-order valence-electron chi connectivity index (χ3n) is 6.03. The summed E-state index contributed by atoms with van der Waals surface area (Å²) in [5, 5.41) is 0. The van der Waals surface area contributed by atoms with Gasteiger partial charge in [0.25, 0.3) is 5.91 Å². The molecule has 182 valence electrons. The lowest BCUT2D eigenvalue weighted by Crippen LogP contribution is -2.41. The predicted octanol–water partition coefficient (Wildman–Crippen LogP) is 3.61. The highest BCUT2D eigenvalue weighted by Crippen LogP contribution is 2.24. The van der Waals surface area contributed by atoms with Crippen molar-refractivity contribution in [2.75, 3.05) is 19.7 Å². The van der Waals surface area contributed by atoms with Crippen LogP contribution in [0.3, 0.4) is 0 Å². The molecule has 1 aliphatic rings. The Labute approximate surface area is 197 Å². The molecule has 1 unspecified atom stereocenters. The number of H-pyrrole nitrogens is 1. The number of esters is 2. The van der Waals surface area contributed by atoms with E-state index in [0.717, 1.165) is 0 Å². The molecule has 0 radical (unpaired) electrons. The van der Waals surface area contributed by atoms with E-state index in [1.807, 2.05) is 0 Å².